The van der Waals surface area contributed by atoms with Crippen LogP contribution in [-0.4, -0.2) is 33.0 Å². The van der Waals surface area contributed by atoms with Crippen LogP contribution in [0, 0.1) is 5.82 Å². The highest BCUT2D eigenvalue weighted by Gasteiger charge is 2.24. The van der Waals surface area contributed by atoms with Crippen LogP contribution in [0.15, 0.2) is 89.8 Å². The molecule has 1 saturated heterocycles. The quantitative estimate of drug-likeness (QED) is 0.516. The van der Waals surface area contributed by atoms with Gasteiger partial charge in [-0.1, -0.05) is 60.7 Å². The molecular weight excluding hydrogens is 423 g/mol. The second kappa shape index (κ2) is 10.4. The molecule has 168 valence electrons. The summed E-state index contributed by atoms with van der Waals surface area (Å²) in [7, 11) is -3.76. The van der Waals surface area contributed by atoms with Crippen molar-refractivity contribution in [2.24, 2.45) is 0 Å². The third kappa shape index (κ3) is 5.82. The van der Waals surface area contributed by atoms with Crippen LogP contribution >= 0.6 is 0 Å². The predicted octanol–water partition coefficient (Wildman–Crippen LogP) is 5.12. The van der Waals surface area contributed by atoms with Crippen molar-refractivity contribution in [2.75, 3.05) is 19.6 Å². The van der Waals surface area contributed by atoms with Gasteiger partial charge < -0.3 is 4.90 Å². The Kier molecular flexibility index (Phi) is 7.35. The van der Waals surface area contributed by atoms with Gasteiger partial charge in [0.25, 0.3) is 0 Å². The van der Waals surface area contributed by atoms with E-state index < -0.39 is 15.8 Å². The topological polar surface area (TPSA) is 49.4 Å². The van der Waals surface area contributed by atoms with Crippen LogP contribution in [0.4, 0.5) is 4.39 Å². The number of halogens is 1. The average molecular weight is 453 g/mol. The molecule has 4 rings (SSSR count). The second-order valence-corrected chi connectivity index (χ2v) is 10.1. The van der Waals surface area contributed by atoms with E-state index in [9.17, 15) is 12.8 Å². The summed E-state index contributed by atoms with van der Waals surface area (Å²) in [5.74, 6) is 0.136. The van der Waals surface area contributed by atoms with Gasteiger partial charge in [0.15, 0.2) is 0 Å². The van der Waals surface area contributed by atoms with Crippen molar-refractivity contribution >= 4 is 10.0 Å². The molecule has 3 aromatic carbocycles. The molecule has 1 heterocycles. The van der Waals surface area contributed by atoms with Crippen LogP contribution in [0.1, 0.15) is 42.3 Å². The number of hydrogen-bond acceptors (Lipinski definition) is 3. The summed E-state index contributed by atoms with van der Waals surface area (Å²) in [6.07, 6.45) is 2.89. The van der Waals surface area contributed by atoms with Gasteiger partial charge in [0.1, 0.15) is 5.82 Å². The van der Waals surface area contributed by atoms with Gasteiger partial charge in [-0.2, -0.15) is 0 Å². The van der Waals surface area contributed by atoms with Gasteiger partial charge >= 0.3 is 0 Å². The summed E-state index contributed by atoms with van der Waals surface area (Å²) in [5, 5.41) is 0. The molecule has 1 N–H and O–H groups in total. The number of nitrogens with zero attached hydrogens (tertiary/aromatic N) is 1. The van der Waals surface area contributed by atoms with Gasteiger partial charge in [-0.25, -0.2) is 17.5 Å². The zero-order valence-electron chi connectivity index (χ0n) is 18.0. The summed E-state index contributed by atoms with van der Waals surface area (Å²) in [5.41, 5.74) is 2.33. The van der Waals surface area contributed by atoms with Crippen LogP contribution in [0.3, 0.4) is 0 Å². The molecule has 1 atom stereocenters. The number of hydrogen-bond donors (Lipinski definition) is 1. The molecule has 6 heteroatoms. The molecule has 1 fully saturated rings. The number of sulfonamides is 1. The molecule has 0 aliphatic carbocycles. The number of benzene rings is 3. The summed E-state index contributed by atoms with van der Waals surface area (Å²) >= 11 is 0. The van der Waals surface area contributed by atoms with Crippen molar-refractivity contribution < 1.29 is 12.8 Å². The van der Waals surface area contributed by atoms with Crippen LogP contribution in [0.25, 0.3) is 0 Å². The summed E-state index contributed by atoms with van der Waals surface area (Å²) in [4.78, 5) is 2.49. The van der Waals surface area contributed by atoms with E-state index in [0.717, 1.165) is 38.0 Å². The number of rotatable bonds is 8. The molecule has 0 saturated carbocycles. The minimum absolute atomic E-state index is 0.0727. The predicted molar refractivity (Wildman–Crippen MR) is 125 cm³/mol. The Balaban J connectivity index is 1.40. The van der Waals surface area contributed by atoms with E-state index in [0.29, 0.717) is 12.3 Å². The second-order valence-electron chi connectivity index (χ2n) is 8.35. The van der Waals surface area contributed by atoms with Crippen molar-refractivity contribution in [3.63, 3.8) is 0 Å². The van der Waals surface area contributed by atoms with Gasteiger partial charge in [0.05, 0.1) is 4.90 Å². The first-order valence-corrected chi connectivity index (χ1v) is 12.6. The Labute approximate surface area is 190 Å². The standard InChI is InChI=1S/C26H29FN2O2S/c27-24-11-13-25(14-12-24)32(30,31)28-26(23-9-5-2-6-10-23)17-20-29-18-15-22(16-19-29)21-7-3-1-4-8-21/h1-14,22,26,28H,15-20H2/t26-/m0/s1. The Morgan fingerprint density at radius 2 is 1.47 bits per heavy atom. The van der Waals surface area contributed by atoms with Crippen molar-refractivity contribution in [2.45, 2.75) is 36.1 Å². The minimum atomic E-state index is -3.76. The SMILES string of the molecule is O=S(=O)(N[C@@H](CCN1CCC(c2ccccc2)CC1)c1ccccc1)c1ccc(F)cc1. The highest BCUT2D eigenvalue weighted by molar-refractivity contribution is 7.89. The smallest absolute Gasteiger partial charge is 0.241 e. The van der Waals surface area contributed by atoms with E-state index in [2.05, 4.69) is 40.0 Å². The molecule has 1 aliphatic heterocycles. The first-order chi connectivity index (χ1) is 15.5. The zero-order valence-corrected chi connectivity index (χ0v) is 18.8. The number of likely N-dealkylation sites (tertiary alicyclic amines) is 1. The highest BCUT2D eigenvalue weighted by Crippen LogP contribution is 2.29. The Hall–Kier alpha value is -2.54. The van der Waals surface area contributed by atoms with E-state index in [-0.39, 0.29) is 10.9 Å². The molecule has 0 spiro atoms. The fraction of sp³-hybridized carbons (Fsp3) is 0.308. The van der Waals surface area contributed by atoms with Crippen LogP contribution in [0.5, 0.6) is 0 Å². The maximum Gasteiger partial charge on any atom is 0.241 e. The first kappa shape index (κ1) is 22.6. The van der Waals surface area contributed by atoms with E-state index in [1.807, 2.05) is 30.3 Å². The van der Waals surface area contributed by atoms with Crippen LogP contribution in [-0.2, 0) is 10.0 Å². The lowest BCUT2D eigenvalue weighted by Crippen LogP contribution is -2.36. The van der Waals surface area contributed by atoms with Gasteiger partial charge in [-0.15, -0.1) is 0 Å². The molecule has 0 radical (unpaired) electrons. The lowest BCUT2D eigenvalue weighted by atomic mass is 9.89. The summed E-state index contributed by atoms with van der Waals surface area (Å²) in [6, 6.07) is 24.9. The minimum Gasteiger partial charge on any atom is -0.303 e. The van der Waals surface area contributed by atoms with E-state index in [1.54, 1.807) is 0 Å². The molecule has 4 nitrogen and oxygen atoms in total. The van der Waals surface area contributed by atoms with Gasteiger partial charge in [-0.3, -0.25) is 0 Å². The van der Waals surface area contributed by atoms with E-state index in [1.165, 1.54) is 29.8 Å². The van der Waals surface area contributed by atoms with Crippen LogP contribution < -0.4 is 4.72 Å². The van der Waals surface area contributed by atoms with Crippen molar-refractivity contribution in [1.29, 1.82) is 0 Å². The Morgan fingerprint density at radius 1 is 0.875 bits per heavy atom. The van der Waals surface area contributed by atoms with E-state index >= 15 is 0 Å². The largest absolute Gasteiger partial charge is 0.303 e. The van der Waals surface area contributed by atoms with Crippen molar-refractivity contribution in [3.8, 4) is 0 Å². The lowest BCUT2D eigenvalue weighted by Gasteiger charge is -2.33. The van der Waals surface area contributed by atoms with Gasteiger partial charge in [0.2, 0.25) is 10.0 Å². The molecular formula is C26H29FN2O2S. The third-order valence-electron chi connectivity index (χ3n) is 6.22. The third-order valence-corrected chi connectivity index (χ3v) is 7.70. The number of piperidine rings is 1. The molecule has 3 aromatic rings. The first-order valence-electron chi connectivity index (χ1n) is 11.1. The molecule has 0 amide bonds. The monoisotopic (exact) mass is 452 g/mol. The maximum atomic E-state index is 13.2. The molecule has 0 aromatic heterocycles. The fourth-order valence-corrected chi connectivity index (χ4v) is 5.63. The summed E-state index contributed by atoms with van der Waals surface area (Å²) < 4.78 is 41.9. The zero-order chi connectivity index (χ0) is 22.4. The van der Waals surface area contributed by atoms with Crippen molar-refractivity contribution in [1.82, 2.24) is 9.62 Å². The highest BCUT2D eigenvalue weighted by atomic mass is 32.2. The molecule has 0 unspecified atom stereocenters. The Morgan fingerprint density at radius 3 is 2.09 bits per heavy atom. The van der Waals surface area contributed by atoms with Gasteiger partial charge in [-0.05, 0) is 80.2 Å². The normalized spacial score (nSPS) is 16.7. The molecule has 0 bridgehead atoms. The molecule has 1 aliphatic rings. The molecule has 32 heavy (non-hydrogen) atoms. The van der Waals surface area contributed by atoms with Crippen LogP contribution in [0.2, 0.25) is 0 Å². The number of nitrogens with one attached hydrogen (secondary N) is 1. The maximum absolute atomic E-state index is 13.2. The lowest BCUT2D eigenvalue weighted by molar-refractivity contribution is 0.204. The Bertz CT molecular complexity index is 1080. The van der Waals surface area contributed by atoms with Gasteiger partial charge in [0, 0.05) is 6.04 Å². The summed E-state index contributed by atoms with van der Waals surface area (Å²) in [6.45, 7) is 2.82. The van der Waals surface area contributed by atoms with E-state index in [4.69, 9.17) is 0 Å². The fourth-order valence-electron chi connectivity index (χ4n) is 4.37. The average Bonchev–Trinajstić information content (AvgIpc) is 2.83. The van der Waals surface area contributed by atoms with Crippen molar-refractivity contribution in [3.05, 3.63) is 102 Å².